The highest BCUT2D eigenvalue weighted by Gasteiger charge is 2.37. The molecule has 0 saturated heterocycles. The molecule has 0 saturated carbocycles. The molecule has 1 aliphatic carbocycles. The topological polar surface area (TPSA) is 63.8 Å². The zero-order chi connectivity index (χ0) is 13.9. The number of aryl methyl sites for hydroxylation is 1. The van der Waals surface area contributed by atoms with E-state index in [9.17, 15) is 13.2 Å². The number of nitrogens with one attached hydrogen (secondary N) is 1. The van der Waals surface area contributed by atoms with E-state index in [0.29, 0.717) is 38.0 Å². The highest BCUT2D eigenvalue weighted by molar-refractivity contribution is 5.37. The second-order valence-corrected chi connectivity index (χ2v) is 4.59. The van der Waals surface area contributed by atoms with Crippen LogP contribution in [0.5, 0.6) is 0 Å². The lowest BCUT2D eigenvalue weighted by molar-refractivity contribution is -0.142. The first-order chi connectivity index (χ1) is 9.02. The van der Waals surface area contributed by atoms with Gasteiger partial charge in [-0.1, -0.05) is 0 Å². The van der Waals surface area contributed by atoms with E-state index < -0.39 is 11.9 Å². The Hall–Kier alpha value is -1.37. The van der Waals surface area contributed by atoms with Crippen LogP contribution in [0.3, 0.4) is 0 Å². The van der Waals surface area contributed by atoms with Crippen molar-refractivity contribution >= 4 is 5.95 Å². The quantitative estimate of drug-likeness (QED) is 0.826. The number of aromatic nitrogens is 2. The van der Waals surface area contributed by atoms with Gasteiger partial charge in [0.25, 0.3) is 0 Å². The van der Waals surface area contributed by atoms with Crippen molar-refractivity contribution in [1.82, 2.24) is 9.97 Å². The zero-order valence-electron chi connectivity index (χ0n) is 10.6. The predicted molar refractivity (Wildman–Crippen MR) is 65.8 cm³/mol. The van der Waals surface area contributed by atoms with Gasteiger partial charge in [0.2, 0.25) is 5.95 Å². The number of halogens is 3. The molecule has 1 heterocycles. The van der Waals surface area contributed by atoms with Crippen LogP contribution in [0.2, 0.25) is 0 Å². The summed E-state index contributed by atoms with van der Waals surface area (Å²) in [5, 5.41) is 2.81. The van der Waals surface area contributed by atoms with Crippen LogP contribution < -0.4 is 11.1 Å². The van der Waals surface area contributed by atoms with E-state index in [1.165, 1.54) is 0 Å². The number of nitrogens with zero attached hydrogens (tertiary/aromatic N) is 2. The predicted octanol–water partition coefficient (Wildman–Crippen LogP) is 2.13. The first-order valence-electron chi connectivity index (χ1n) is 6.43. The molecule has 0 fully saturated rings. The number of nitrogens with two attached hydrogens (primary N) is 1. The van der Waals surface area contributed by atoms with E-state index in [0.717, 1.165) is 12.8 Å². The third-order valence-electron chi connectivity index (χ3n) is 3.12. The van der Waals surface area contributed by atoms with Crippen LogP contribution in [-0.2, 0) is 19.0 Å². The second kappa shape index (κ2) is 5.73. The van der Waals surface area contributed by atoms with Crippen molar-refractivity contribution in [2.75, 3.05) is 18.4 Å². The highest BCUT2D eigenvalue weighted by Crippen LogP contribution is 2.35. The molecule has 3 N–H and O–H groups in total. The molecule has 0 bridgehead atoms. The molecule has 0 radical (unpaired) electrons. The van der Waals surface area contributed by atoms with Crippen molar-refractivity contribution in [1.29, 1.82) is 0 Å². The van der Waals surface area contributed by atoms with Gasteiger partial charge in [0.1, 0.15) is 0 Å². The molecule has 1 aromatic rings. The van der Waals surface area contributed by atoms with Gasteiger partial charge in [-0.3, -0.25) is 0 Å². The van der Waals surface area contributed by atoms with Gasteiger partial charge in [0.05, 0.1) is 0 Å². The van der Waals surface area contributed by atoms with E-state index in [2.05, 4.69) is 15.3 Å². The third-order valence-corrected chi connectivity index (χ3v) is 3.12. The summed E-state index contributed by atoms with van der Waals surface area (Å²) in [5.41, 5.74) is 5.36. The van der Waals surface area contributed by atoms with Crippen molar-refractivity contribution in [3.63, 3.8) is 0 Å². The lowest BCUT2D eigenvalue weighted by Crippen LogP contribution is -2.21. The van der Waals surface area contributed by atoms with Crippen LogP contribution in [0.25, 0.3) is 0 Å². The number of hydrogen-bond donors (Lipinski definition) is 2. The van der Waals surface area contributed by atoms with Crippen LogP contribution in [0.1, 0.15) is 36.2 Å². The molecule has 0 aromatic carbocycles. The Morgan fingerprint density at radius 3 is 2.58 bits per heavy atom. The lowest BCUT2D eigenvalue weighted by atomic mass is 9.94. The average molecular weight is 274 g/mol. The average Bonchev–Trinajstić information content (AvgIpc) is 2.37. The van der Waals surface area contributed by atoms with Crippen molar-refractivity contribution < 1.29 is 13.2 Å². The fourth-order valence-corrected chi connectivity index (χ4v) is 2.21. The molecule has 19 heavy (non-hydrogen) atoms. The maximum absolute atomic E-state index is 13.0. The van der Waals surface area contributed by atoms with Gasteiger partial charge in [-0.05, 0) is 38.6 Å². The number of fused-ring (bicyclic) bond motifs is 1. The van der Waals surface area contributed by atoms with Crippen LogP contribution in [0, 0.1) is 0 Å². The minimum Gasteiger partial charge on any atom is -0.354 e. The van der Waals surface area contributed by atoms with Gasteiger partial charge < -0.3 is 11.1 Å². The fraction of sp³-hybridized carbons (Fsp3) is 0.667. The molecule has 0 unspecified atom stereocenters. The summed E-state index contributed by atoms with van der Waals surface area (Å²) in [6, 6.07) is 0. The van der Waals surface area contributed by atoms with Crippen LogP contribution >= 0.6 is 0 Å². The normalized spacial score (nSPS) is 15.2. The lowest BCUT2D eigenvalue weighted by Gasteiger charge is -2.20. The summed E-state index contributed by atoms with van der Waals surface area (Å²) in [5.74, 6) is 0.0569. The number of anilines is 1. The van der Waals surface area contributed by atoms with Crippen molar-refractivity contribution in [3.8, 4) is 0 Å². The Labute approximate surface area is 109 Å². The third kappa shape index (κ3) is 3.34. The Bertz CT molecular complexity index is 445. The molecule has 2 rings (SSSR count). The molecule has 106 valence electrons. The van der Waals surface area contributed by atoms with E-state index in [1.807, 2.05) is 0 Å². The summed E-state index contributed by atoms with van der Waals surface area (Å²) < 4.78 is 39.0. The Balaban J connectivity index is 2.31. The van der Waals surface area contributed by atoms with Gasteiger partial charge in [-0.25, -0.2) is 9.97 Å². The Kier molecular flexibility index (Phi) is 4.24. The van der Waals surface area contributed by atoms with E-state index in [1.54, 1.807) is 0 Å². The first-order valence-corrected chi connectivity index (χ1v) is 6.43. The number of alkyl halides is 3. The molecule has 7 heteroatoms. The molecule has 0 spiro atoms. The van der Waals surface area contributed by atoms with Crippen molar-refractivity contribution in [2.24, 2.45) is 5.73 Å². The molecule has 0 atom stereocenters. The number of rotatable bonds is 4. The molecular formula is C12H17F3N4. The summed E-state index contributed by atoms with van der Waals surface area (Å²) in [6.45, 7) is 0.955. The maximum Gasteiger partial charge on any atom is 0.433 e. The second-order valence-electron chi connectivity index (χ2n) is 4.59. The summed E-state index contributed by atoms with van der Waals surface area (Å²) >= 11 is 0. The number of hydrogen-bond acceptors (Lipinski definition) is 4. The SMILES string of the molecule is NCCCNc1nc2c(c(C(F)(F)F)n1)CCCC2. The zero-order valence-corrected chi connectivity index (χ0v) is 10.6. The van der Waals surface area contributed by atoms with E-state index >= 15 is 0 Å². The standard InChI is InChI=1S/C12H17F3N4/c13-12(14,15)10-8-4-1-2-5-9(8)18-11(19-10)17-7-3-6-16/h1-7,16H2,(H,17,18,19). The summed E-state index contributed by atoms with van der Waals surface area (Å²) in [4.78, 5) is 7.84. The Morgan fingerprint density at radius 2 is 1.89 bits per heavy atom. The van der Waals surface area contributed by atoms with Crippen LogP contribution in [0.15, 0.2) is 0 Å². The van der Waals surface area contributed by atoms with E-state index in [-0.39, 0.29) is 11.5 Å². The molecule has 0 amide bonds. The molecule has 4 nitrogen and oxygen atoms in total. The molecule has 1 aromatic heterocycles. The smallest absolute Gasteiger partial charge is 0.354 e. The summed E-state index contributed by atoms with van der Waals surface area (Å²) in [7, 11) is 0. The summed E-state index contributed by atoms with van der Waals surface area (Å²) in [6.07, 6.45) is -1.11. The molecule has 0 aliphatic heterocycles. The van der Waals surface area contributed by atoms with Gasteiger partial charge in [0, 0.05) is 17.8 Å². The minimum atomic E-state index is -4.42. The minimum absolute atomic E-state index is 0.0569. The molecular weight excluding hydrogens is 257 g/mol. The van der Waals surface area contributed by atoms with Gasteiger partial charge in [-0.15, -0.1) is 0 Å². The first kappa shape index (κ1) is 14.0. The van der Waals surface area contributed by atoms with Gasteiger partial charge in [-0.2, -0.15) is 13.2 Å². The van der Waals surface area contributed by atoms with E-state index in [4.69, 9.17) is 5.73 Å². The van der Waals surface area contributed by atoms with Gasteiger partial charge >= 0.3 is 6.18 Å². The van der Waals surface area contributed by atoms with Crippen molar-refractivity contribution in [2.45, 2.75) is 38.3 Å². The Morgan fingerprint density at radius 1 is 1.16 bits per heavy atom. The molecule has 1 aliphatic rings. The highest BCUT2D eigenvalue weighted by atomic mass is 19.4. The largest absolute Gasteiger partial charge is 0.433 e. The van der Waals surface area contributed by atoms with Crippen LogP contribution in [-0.4, -0.2) is 23.1 Å². The van der Waals surface area contributed by atoms with Gasteiger partial charge in [0.15, 0.2) is 5.69 Å². The van der Waals surface area contributed by atoms with Crippen molar-refractivity contribution in [3.05, 3.63) is 17.0 Å². The van der Waals surface area contributed by atoms with Crippen LogP contribution in [0.4, 0.5) is 19.1 Å². The fourth-order valence-electron chi connectivity index (χ4n) is 2.21. The maximum atomic E-state index is 13.0. The monoisotopic (exact) mass is 274 g/mol.